The number of hydrogen-bond donors (Lipinski definition) is 0. The Morgan fingerprint density at radius 3 is 2.29 bits per heavy atom. The molecule has 0 bridgehead atoms. The van der Waals surface area contributed by atoms with Gasteiger partial charge in [0.05, 0.1) is 41.2 Å². The molecule has 0 unspecified atom stereocenters. The number of Topliss-reactive ketones (excluding diaryl/α,β-unsaturated/α-hetero) is 1. The van der Waals surface area contributed by atoms with E-state index in [-0.39, 0.29) is 29.8 Å². The second-order valence-corrected chi connectivity index (χ2v) is 6.11. The van der Waals surface area contributed by atoms with Crippen molar-refractivity contribution >= 4 is 16.6 Å². The molecular weight excluding hydrogens is 377 g/mol. The van der Waals surface area contributed by atoms with Gasteiger partial charge in [0.1, 0.15) is 5.75 Å². The van der Waals surface area contributed by atoms with Gasteiger partial charge in [-0.25, -0.2) is 0 Å². The summed E-state index contributed by atoms with van der Waals surface area (Å²) < 4.78 is 6.01. The van der Waals surface area contributed by atoms with E-state index in [0.717, 1.165) is 33.1 Å². The van der Waals surface area contributed by atoms with Crippen molar-refractivity contribution in [3.05, 3.63) is 42.0 Å². The fourth-order valence-electron chi connectivity index (χ4n) is 2.11. The Balaban J connectivity index is 0.00000220. The molecule has 0 aromatic heterocycles. The Labute approximate surface area is 143 Å². The fourth-order valence-corrected chi connectivity index (χ4v) is 2.11. The third kappa shape index (κ3) is 4.97. The number of benzene rings is 2. The van der Waals surface area contributed by atoms with E-state index in [2.05, 4.69) is 21.1 Å². The molecule has 0 amide bonds. The summed E-state index contributed by atoms with van der Waals surface area (Å²) in [5, 5.41) is 2.16. The quantitative estimate of drug-likeness (QED) is 0.406. The lowest BCUT2D eigenvalue weighted by atomic mass is 10.0. The summed E-state index contributed by atoms with van der Waals surface area (Å²) in [5.74, 6) is 1.04. The summed E-state index contributed by atoms with van der Waals surface area (Å²) in [4.78, 5) is 12.2. The molecule has 21 heavy (non-hydrogen) atoms. The number of quaternary nitrogens is 1. The van der Waals surface area contributed by atoms with E-state index in [0.29, 0.717) is 6.42 Å². The second-order valence-electron chi connectivity index (χ2n) is 6.11. The lowest BCUT2D eigenvalue weighted by Crippen LogP contribution is -3.00. The summed E-state index contributed by atoms with van der Waals surface area (Å²) in [5.41, 5.74) is 0.788. The van der Waals surface area contributed by atoms with Crippen LogP contribution in [0.25, 0.3) is 10.8 Å². The Morgan fingerprint density at radius 2 is 1.67 bits per heavy atom. The van der Waals surface area contributed by atoms with Gasteiger partial charge in [-0.05, 0) is 29.0 Å². The minimum Gasteiger partial charge on any atom is -1.00 e. The van der Waals surface area contributed by atoms with Crippen LogP contribution >= 0.6 is 0 Å². The monoisotopic (exact) mass is 399 g/mol. The topological polar surface area (TPSA) is 26.3 Å². The van der Waals surface area contributed by atoms with Crippen molar-refractivity contribution in [1.82, 2.24) is 0 Å². The summed E-state index contributed by atoms with van der Waals surface area (Å²) in [6.07, 6.45) is 0.575. The first-order valence-corrected chi connectivity index (χ1v) is 6.80. The average Bonchev–Trinajstić information content (AvgIpc) is 2.42. The molecule has 0 fully saturated rings. The largest absolute Gasteiger partial charge is 1.00 e. The zero-order valence-electron chi connectivity index (χ0n) is 13.0. The molecule has 3 nitrogen and oxygen atoms in total. The number of fused-ring (bicyclic) bond motifs is 1. The van der Waals surface area contributed by atoms with Crippen molar-refractivity contribution in [3.63, 3.8) is 0 Å². The molecule has 0 saturated heterocycles. The van der Waals surface area contributed by atoms with Crippen LogP contribution in [0, 0.1) is 0 Å². The summed E-state index contributed by atoms with van der Waals surface area (Å²) in [6.45, 7) is 0.847. The second kappa shape index (κ2) is 7.22. The molecule has 4 heteroatoms. The molecule has 114 valence electrons. The molecule has 0 aliphatic rings. The highest BCUT2D eigenvalue weighted by atomic mass is 127. The maximum Gasteiger partial charge on any atom is 0.168 e. The van der Waals surface area contributed by atoms with Crippen LogP contribution in [0.5, 0.6) is 5.75 Å². The van der Waals surface area contributed by atoms with Gasteiger partial charge in [0, 0.05) is 5.56 Å². The van der Waals surface area contributed by atoms with Crippen LogP contribution < -0.4 is 28.7 Å². The van der Waals surface area contributed by atoms with Crippen LogP contribution in [-0.4, -0.2) is 45.1 Å². The molecular formula is C17H22INO2. The molecule has 0 aliphatic heterocycles. The summed E-state index contributed by atoms with van der Waals surface area (Å²) in [7, 11) is 7.95. The highest BCUT2D eigenvalue weighted by Crippen LogP contribution is 2.22. The number of carbonyl (C=O) groups is 1. The lowest BCUT2D eigenvalue weighted by molar-refractivity contribution is -0.869. The van der Waals surface area contributed by atoms with Crippen LogP contribution in [0.4, 0.5) is 0 Å². The Morgan fingerprint density at radius 1 is 1.05 bits per heavy atom. The summed E-state index contributed by atoms with van der Waals surface area (Å²) >= 11 is 0. The highest BCUT2D eigenvalue weighted by Gasteiger charge is 2.13. The van der Waals surface area contributed by atoms with Crippen molar-refractivity contribution < 1.29 is 38.0 Å². The van der Waals surface area contributed by atoms with E-state index < -0.39 is 0 Å². The lowest BCUT2D eigenvalue weighted by Gasteiger charge is -2.23. The highest BCUT2D eigenvalue weighted by molar-refractivity contribution is 6.00. The number of ketones is 1. The van der Waals surface area contributed by atoms with E-state index >= 15 is 0 Å². The molecule has 2 aromatic carbocycles. The molecule has 2 aromatic rings. The molecule has 0 saturated carbocycles. The minimum atomic E-state index is 0. The zero-order chi connectivity index (χ0) is 14.8. The van der Waals surface area contributed by atoms with Crippen LogP contribution in [0.15, 0.2) is 36.4 Å². The van der Waals surface area contributed by atoms with Gasteiger partial charge in [0.25, 0.3) is 0 Å². The number of hydrogen-bond acceptors (Lipinski definition) is 2. The standard InChI is InChI=1S/C17H22NO2.HI/c1-18(2,3)10-9-17(19)15-6-5-14-12-16(20-4)8-7-13(14)11-15;/h5-8,11-12H,9-10H2,1-4H3;1H/q+1;/p-1. The SMILES string of the molecule is COc1ccc2cc(C(=O)CC[N+](C)(C)C)ccc2c1.[I-]. The van der Waals surface area contributed by atoms with E-state index in [1.54, 1.807) is 7.11 Å². The smallest absolute Gasteiger partial charge is 0.168 e. The first-order valence-electron chi connectivity index (χ1n) is 6.80. The fraction of sp³-hybridized carbons (Fsp3) is 0.353. The molecule has 2 rings (SSSR count). The summed E-state index contributed by atoms with van der Waals surface area (Å²) in [6, 6.07) is 11.7. The van der Waals surface area contributed by atoms with E-state index in [1.165, 1.54) is 0 Å². The van der Waals surface area contributed by atoms with Crippen LogP contribution in [-0.2, 0) is 0 Å². The number of ether oxygens (including phenoxy) is 1. The predicted octanol–water partition coefficient (Wildman–Crippen LogP) is 0.131. The van der Waals surface area contributed by atoms with Crippen molar-refractivity contribution in [2.24, 2.45) is 0 Å². The molecule has 0 N–H and O–H groups in total. The van der Waals surface area contributed by atoms with Crippen LogP contribution in [0.1, 0.15) is 16.8 Å². The van der Waals surface area contributed by atoms with Crippen LogP contribution in [0.2, 0.25) is 0 Å². The molecule has 0 aliphatic carbocycles. The van der Waals surface area contributed by atoms with Gasteiger partial charge in [0.2, 0.25) is 0 Å². The van der Waals surface area contributed by atoms with Gasteiger partial charge in [-0.1, -0.05) is 18.2 Å². The predicted molar refractivity (Wildman–Crippen MR) is 82.3 cm³/mol. The van der Waals surface area contributed by atoms with Gasteiger partial charge < -0.3 is 33.2 Å². The Kier molecular flexibility index (Phi) is 6.16. The van der Waals surface area contributed by atoms with Crippen LogP contribution in [0.3, 0.4) is 0 Å². The van der Waals surface area contributed by atoms with Gasteiger partial charge >= 0.3 is 0 Å². The zero-order valence-corrected chi connectivity index (χ0v) is 15.2. The first kappa shape index (κ1) is 17.9. The molecule has 0 heterocycles. The third-order valence-corrected chi connectivity index (χ3v) is 3.38. The van der Waals surface area contributed by atoms with Crippen molar-refractivity contribution in [1.29, 1.82) is 0 Å². The van der Waals surface area contributed by atoms with Gasteiger partial charge in [-0.3, -0.25) is 4.79 Å². The van der Waals surface area contributed by atoms with Crippen molar-refractivity contribution in [2.75, 3.05) is 34.8 Å². The van der Waals surface area contributed by atoms with Crippen molar-refractivity contribution in [2.45, 2.75) is 6.42 Å². The number of methoxy groups -OCH3 is 1. The van der Waals surface area contributed by atoms with Gasteiger partial charge in [0.15, 0.2) is 5.78 Å². The Bertz CT molecular complexity index is 632. The molecule has 0 spiro atoms. The van der Waals surface area contributed by atoms with Gasteiger partial charge in [-0.15, -0.1) is 0 Å². The average molecular weight is 399 g/mol. The third-order valence-electron chi connectivity index (χ3n) is 3.38. The normalized spacial score (nSPS) is 11.0. The van der Waals surface area contributed by atoms with E-state index in [9.17, 15) is 4.79 Å². The maximum atomic E-state index is 12.2. The molecule has 0 atom stereocenters. The molecule has 0 radical (unpaired) electrons. The minimum absolute atomic E-state index is 0. The Hall–Kier alpha value is -1.14. The maximum absolute atomic E-state index is 12.2. The number of carbonyl (C=O) groups excluding carboxylic acids is 1. The van der Waals surface area contributed by atoms with E-state index in [4.69, 9.17) is 4.74 Å². The van der Waals surface area contributed by atoms with Gasteiger partial charge in [-0.2, -0.15) is 0 Å². The number of rotatable bonds is 5. The number of nitrogens with zero attached hydrogens (tertiary/aromatic N) is 1. The van der Waals surface area contributed by atoms with E-state index in [1.807, 2.05) is 36.4 Å². The number of halogens is 1. The first-order chi connectivity index (χ1) is 9.39. The van der Waals surface area contributed by atoms with Crippen molar-refractivity contribution in [3.8, 4) is 5.75 Å².